The van der Waals surface area contributed by atoms with Crippen LogP contribution in [-0.4, -0.2) is 22.1 Å². The van der Waals surface area contributed by atoms with E-state index in [9.17, 15) is 5.11 Å². The number of hydrogen-bond acceptors (Lipinski definition) is 4. The van der Waals surface area contributed by atoms with E-state index in [4.69, 9.17) is 0 Å². The average molecular weight is 395 g/mol. The number of hydrogen-bond donors (Lipinski definition) is 2. The molecule has 124 valence electrons. The van der Waals surface area contributed by atoms with Crippen LogP contribution in [0, 0.1) is 0 Å². The van der Waals surface area contributed by atoms with E-state index in [1.165, 1.54) is 6.21 Å². The highest BCUT2D eigenvalue weighted by Gasteiger charge is 2.04. The monoisotopic (exact) mass is 394 g/mol. The Kier molecular flexibility index (Phi) is 5.53. The topological polar surface area (TPSA) is 69.9 Å². The highest BCUT2D eigenvalue weighted by atomic mass is 79.9. The summed E-state index contributed by atoms with van der Waals surface area (Å²) in [5.74, 6) is 0.658. The van der Waals surface area contributed by atoms with Crippen LogP contribution >= 0.6 is 15.9 Å². The van der Waals surface area contributed by atoms with Crippen LogP contribution in [0.2, 0.25) is 0 Å². The fraction of sp³-hybridized carbons (Fsp3) is 0. The predicted octanol–water partition coefficient (Wildman–Crippen LogP) is 4.25. The molecule has 0 radical (unpaired) electrons. The fourth-order valence-electron chi connectivity index (χ4n) is 2.07. The van der Waals surface area contributed by atoms with Crippen LogP contribution in [0.4, 0.5) is 5.69 Å². The molecule has 1 aromatic heterocycles. The summed E-state index contributed by atoms with van der Waals surface area (Å²) in [5, 5.41) is 14.1. The molecule has 2 aromatic carbocycles. The van der Waals surface area contributed by atoms with Gasteiger partial charge in [-0.25, -0.2) is 4.99 Å². The second-order valence-corrected chi connectivity index (χ2v) is 6.00. The van der Waals surface area contributed by atoms with E-state index in [1.54, 1.807) is 24.4 Å². The van der Waals surface area contributed by atoms with Gasteiger partial charge in [-0.2, -0.15) is 5.10 Å². The number of para-hydroxylation sites is 1. The average Bonchev–Trinajstić information content (AvgIpc) is 2.65. The van der Waals surface area contributed by atoms with Crippen molar-refractivity contribution in [2.75, 3.05) is 0 Å². The molecular weight excluding hydrogens is 380 g/mol. The smallest absolute Gasteiger partial charge is 0.172 e. The molecule has 3 rings (SSSR count). The minimum absolute atomic E-state index is 0.146. The van der Waals surface area contributed by atoms with Crippen molar-refractivity contribution in [3.8, 4) is 5.75 Å². The van der Waals surface area contributed by atoms with E-state index in [2.05, 4.69) is 36.4 Å². The Morgan fingerprint density at radius 1 is 1.04 bits per heavy atom. The molecule has 6 heteroatoms. The number of aliphatic imine (C=N–C) groups is 1. The van der Waals surface area contributed by atoms with Crippen LogP contribution in [0.3, 0.4) is 0 Å². The number of halogens is 1. The SMILES string of the molecule is Oc1ccc(Br)cc1/C=N\NC(=Nc1ccccc1)c1ccccn1. The zero-order valence-corrected chi connectivity index (χ0v) is 14.8. The number of nitrogens with zero attached hydrogens (tertiary/aromatic N) is 3. The van der Waals surface area contributed by atoms with Gasteiger partial charge in [0.2, 0.25) is 0 Å². The third kappa shape index (κ3) is 4.74. The Bertz CT molecular complexity index is 896. The summed E-state index contributed by atoms with van der Waals surface area (Å²) >= 11 is 3.37. The Hall–Kier alpha value is -2.99. The lowest BCUT2D eigenvalue weighted by Crippen LogP contribution is -2.20. The normalized spacial score (nSPS) is 11.6. The number of phenolic OH excluding ortho intramolecular Hbond substituents is 1. The van der Waals surface area contributed by atoms with Crippen molar-refractivity contribution in [3.05, 3.63) is 88.7 Å². The Balaban J connectivity index is 1.87. The summed E-state index contributed by atoms with van der Waals surface area (Å²) in [6.07, 6.45) is 3.23. The molecule has 0 bridgehead atoms. The molecule has 0 saturated heterocycles. The zero-order valence-electron chi connectivity index (χ0n) is 13.2. The van der Waals surface area contributed by atoms with E-state index in [0.29, 0.717) is 17.1 Å². The minimum Gasteiger partial charge on any atom is -0.507 e. The molecule has 0 aliphatic rings. The van der Waals surface area contributed by atoms with E-state index >= 15 is 0 Å². The van der Waals surface area contributed by atoms with Gasteiger partial charge in [-0.1, -0.05) is 40.2 Å². The fourth-order valence-corrected chi connectivity index (χ4v) is 2.44. The molecule has 1 heterocycles. The first-order valence-corrected chi connectivity index (χ1v) is 8.34. The molecular formula is C19H15BrN4O. The Morgan fingerprint density at radius 2 is 1.84 bits per heavy atom. The van der Waals surface area contributed by atoms with Crippen LogP contribution in [-0.2, 0) is 0 Å². The molecule has 0 aliphatic carbocycles. The second-order valence-electron chi connectivity index (χ2n) is 5.08. The summed E-state index contributed by atoms with van der Waals surface area (Å²) in [4.78, 5) is 8.87. The Morgan fingerprint density at radius 3 is 2.60 bits per heavy atom. The first-order chi connectivity index (χ1) is 12.2. The van der Waals surface area contributed by atoms with Crippen LogP contribution in [0.25, 0.3) is 0 Å². The number of amidine groups is 1. The molecule has 0 atom stereocenters. The van der Waals surface area contributed by atoms with Gasteiger partial charge in [-0.15, -0.1) is 0 Å². The number of hydrazone groups is 1. The number of aromatic nitrogens is 1. The standard InChI is InChI=1S/C19H15BrN4O/c20-15-9-10-18(25)14(12-15)13-22-24-19(17-8-4-5-11-21-17)23-16-6-2-1-3-7-16/h1-13,25H,(H,23,24)/b22-13-. The summed E-state index contributed by atoms with van der Waals surface area (Å²) in [6.45, 7) is 0. The van der Waals surface area contributed by atoms with Crippen molar-refractivity contribution in [1.29, 1.82) is 0 Å². The maximum Gasteiger partial charge on any atom is 0.172 e. The van der Waals surface area contributed by atoms with Crippen molar-refractivity contribution in [1.82, 2.24) is 10.4 Å². The van der Waals surface area contributed by atoms with Gasteiger partial charge in [-0.05, 0) is 42.5 Å². The number of aromatic hydroxyl groups is 1. The number of benzene rings is 2. The molecule has 0 unspecified atom stereocenters. The summed E-state index contributed by atoms with van der Waals surface area (Å²) < 4.78 is 0.856. The first-order valence-electron chi connectivity index (χ1n) is 7.55. The maximum atomic E-state index is 9.87. The van der Waals surface area contributed by atoms with Gasteiger partial charge in [0.25, 0.3) is 0 Å². The van der Waals surface area contributed by atoms with Gasteiger partial charge in [0.05, 0.1) is 11.9 Å². The van der Waals surface area contributed by atoms with Gasteiger partial charge < -0.3 is 5.11 Å². The molecule has 0 amide bonds. The molecule has 0 aliphatic heterocycles. The molecule has 5 nitrogen and oxygen atoms in total. The van der Waals surface area contributed by atoms with Crippen LogP contribution in [0.15, 0.2) is 87.5 Å². The zero-order chi connectivity index (χ0) is 17.5. The highest BCUT2D eigenvalue weighted by molar-refractivity contribution is 9.10. The van der Waals surface area contributed by atoms with Gasteiger partial charge in [-0.3, -0.25) is 10.4 Å². The predicted molar refractivity (Wildman–Crippen MR) is 103 cm³/mol. The third-order valence-electron chi connectivity index (χ3n) is 3.27. The minimum atomic E-state index is 0.146. The van der Waals surface area contributed by atoms with E-state index in [1.807, 2.05) is 48.5 Å². The molecule has 25 heavy (non-hydrogen) atoms. The first kappa shape index (κ1) is 16.9. The van der Waals surface area contributed by atoms with Crippen LogP contribution in [0.5, 0.6) is 5.75 Å². The Labute approximate surface area is 153 Å². The summed E-state index contributed by atoms with van der Waals surface area (Å²) in [5.41, 5.74) is 4.95. The lowest BCUT2D eigenvalue weighted by atomic mass is 10.2. The van der Waals surface area contributed by atoms with Gasteiger partial charge in [0.15, 0.2) is 5.84 Å². The lowest BCUT2D eigenvalue weighted by Gasteiger charge is -2.05. The quantitative estimate of drug-likeness (QED) is 0.394. The third-order valence-corrected chi connectivity index (χ3v) is 3.76. The number of pyridine rings is 1. The van der Waals surface area contributed by atoms with Crippen molar-refractivity contribution < 1.29 is 5.11 Å². The van der Waals surface area contributed by atoms with Gasteiger partial charge >= 0.3 is 0 Å². The van der Waals surface area contributed by atoms with E-state index < -0.39 is 0 Å². The number of phenols is 1. The largest absolute Gasteiger partial charge is 0.507 e. The highest BCUT2D eigenvalue weighted by Crippen LogP contribution is 2.20. The van der Waals surface area contributed by atoms with Crippen LogP contribution in [0.1, 0.15) is 11.3 Å². The molecule has 0 fully saturated rings. The number of rotatable bonds is 4. The van der Waals surface area contributed by atoms with E-state index in [-0.39, 0.29) is 5.75 Å². The molecule has 2 N–H and O–H groups in total. The second kappa shape index (κ2) is 8.21. The summed E-state index contributed by atoms with van der Waals surface area (Å²) in [6, 6.07) is 20.3. The lowest BCUT2D eigenvalue weighted by molar-refractivity contribution is 0.474. The van der Waals surface area contributed by atoms with Crippen molar-refractivity contribution in [2.24, 2.45) is 10.1 Å². The van der Waals surface area contributed by atoms with Gasteiger partial charge in [0, 0.05) is 16.2 Å². The maximum absolute atomic E-state index is 9.87. The number of nitrogens with one attached hydrogen (secondary N) is 1. The van der Waals surface area contributed by atoms with Crippen molar-refractivity contribution in [3.63, 3.8) is 0 Å². The van der Waals surface area contributed by atoms with E-state index in [0.717, 1.165) is 10.2 Å². The van der Waals surface area contributed by atoms with Crippen molar-refractivity contribution >= 4 is 33.7 Å². The summed E-state index contributed by atoms with van der Waals surface area (Å²) in [7, 11) is 0. The molecule has 3 aromatic rings. The van der Waals surface area contributed by atoms with Gasteiger partial charge in [0.1, 0.15) is 11.4 Å². The van der Waals surface area contributed by atoms with Crippen molar-refractivity contribution in [2.45, 2.75) is 0 Å². The van der Waals surface area contributed by atoms with Crippen LogP contribution < -0.4 is 5.43 Å². The molecule has 0 saturated carbocycles. The molecule has 0 spiro atoms.